The Hall–Kier alpha value is -6.65. The monoisotopic (exact) mass is 628 g/mol. The normalized spacial score (nSPS) is 11.7. The van der Waals surface area contributed by atoms with Gasteiger partial charge in [-0.05, 0) is 81.9 Å². The highest BCUT2D eigenvalue weighted by atomic mass is 16.3. The molecule has 4 nitrogen and oxygen atoms in total. The van der Waals surface area contributed by atoms with E-state index in [1.54, 1.807) is 0 Å². The van der Waals surface area contributed by atoms with Crippen LogP contribution in [0.1, 0.15) is 0 Å². The van der Waals surface area contributed by atoms with E-state index in [1.165, 1.54) is 21.9 Å². The Morgan fingerprint density at radius 3 is 2.02 bits per heavy atom. The summed E-state index contributed by atoms with van der Waals surface area (Å²) in [5, 5.41) is 6.67. The van der Waals surface area contributed by atoms with Crippen LogP contribution in [0.4, 0.5) is 17.1 Å². The Bertz CT molecular complexity index is 2830. The van der Waals surface area contributed by atoms with Crippen molar-refractivity contribution < 1.29 is 8.83 Å². The molecule has 0 saturated heterocycles. The summed E-state index contributed by atoms with van der Waals surface area (Å²) < 4.78 is 13.1. The van der Waals surface area contributed by atoms with E-state index in [1.807, 2.05) is 36.4 Å². The van der Waals surface area contributed by atoms with E-state index in [9.17, 15) is 0 Å². The Morgan fingerprint density at radius 2 is 1.14 bits per heavy atom. The number of para-hydroxylation sites is 2. The molecule has 10 aromatic rings. The number of aromatic nitrogens is 1. The second-order valence-corrected chi connectivity index (χ2v) is 12.4. The Kier molecular flexibility index (Phi) is 6.15. The molecule has 2 heterocycles. The number of oxazole rings is 1. The minimum Gasteiger partial charge on any atom is -0.454 e. The molecule has 0 saturated carbocycles. The van der Waals surface area contributed by atoms with Gasteiger partial charge in [0.15, 0.2) is 11.2 Å². The smallest absolute Gasteiger partial charge is 0.228 e. The number of benzene rings is 8. The summed E-state index contributed by atoms with van der Waals surface area (Å²) in [7, 11) is 0. The van der Waals surface area contributed by atoms with Gasteiger partial charge in [-0.15, -0.1) is 0 Å². The van der Waals surface area contributed by atoms with Gasteiger partial charge in [-0.1, -0.05) is 115 Å². The van der Waals surface area contributed by atoms with Gasteiger partial charge in [-0.3, -0.25) is 0 Å². The number of furan rings is 1. The molecule has 0 N–H and O–H groups in total. The van der Waals surface area contributed by atoms with Crippen molar-refractivity contribution in [2.24, 2.45) is 0 Å². The molecule has 0 aliphatic heterocycles. The van der Waals surface area contributed by atoms with Crippen LogP contribution in [-0.4, -0.2) is 4.98 Å². The van der Waals surface area contributed by atoms with Crippen LogP contribution >= 0.6 is 0 Å². The third-order valence-corrected chi connectivity index (χ3v) is 9.48. The highest BCUT2D eigenvalue weighted by Gasteiger charge is 2.22. The van der Waals surface area contributed by atoms with E-state index < -0.39 is 0 Å². The molecule has 0 fully saturated rings. The maximum Gasteiger partial charge on any atom is 0.228 e. The van der Waals surface area contributed by atoms with Crippen molar-refractivity contribution in [2.45, 2.75) is 0 Å². The van der Waals surface area contributed by atoms with Crippen molar-refractivity contribution in [3.63, 3.8) is 0 Å². The minimum absolute atomic E-state index is 0.578. The fourth-order valence-electron chi connectivity index (χ4n) is 7.14. The van der Waals surface area contributed by atoms with Crippen molar-refractivity contribution in [2.75, 3.05) is 4.90 Å². The lowest BCUT2D eigenvalue weighted by Gasteiger charge is -2.25. The van der Waals surface area contributed by atoms with Gasteiger partial charge in [-0.25, -0.2) is 4.98 Å². The molecule has 0 atom stereocenters. The second kappa shape index (κ2) is 11.0. The van der Waals surface area contributed by atoms with Gasteiger partial charge in [0.2, 0.25) is 5.89 Å². The predicted octanol–water partition coefficient (Wildman–Crippen LogP) is 12.8. The van der Waals surface area contributed by atoms with Gasteiger partial charge < -0.3 is 13.7 Å². The largest absolute Gasteiger partial charge is 0.454 e. The van der Waals surface area contributed by atoms with E-state index in [0.717, 1.165) is 66.4 Å². The first-order chi connectivity index (χ1) is 24.3. The minimum atomic E-state index is 0.578. The summed E-state index contributed by atoms with van der Waals surface area (Å²) in [6.07, 6.45) is 0. The zero-order chi connectivity index (χ0) is 32.3. The lowest BCUT2D eigenvalue weighted by atomic mass is 10.0. The topological polar surface area (TPSA) is 42.4 Å². The van der Waals surface area contributed by atoms with Gasteiger partial charge in [0.1, 0.15) is 11.1 Å². The Morgan fingerprint density at radius 1 is 0.449 bits per heavy atom. The number of hydrogen-bond donors (Lipinski definition) is 0. The molecule has 8 aromatic carbocycles. The summed E-state index contributed by atoms with van der Waals surface area (Å²) >= 11 is 0. The third-order valence-electron chi connectivity index (χ3n) is 9.48. The average molecular weight is 629 g/mol. The number of rotatable bonds is 5. The maximum absolute atomic E-state index is 6.74. The molecule has 230 valence electrons. The summed E-state index contributed by atoms with van der Waals surface area (Å²) in [6, 6.07) is 59.1. The van der Waals surface area contributed by atoms with Crippen LogP contribution in [0.3, 0.4) is 0 Å². The molecule has 0 aliphatic carbocycles. The first-order valence-electron chi connectivity index (χ1n) is 16.5. The maximum atomic E-state index is 6.74. The number of hydrogen-bond acceptors (Lipinski definition) is 4. The Labute approximate surface area is 282 Å². The molecule has 10 rings (SSSR count). The first kappa shape index (κ1) is 27.5. The van der Waals surface area contributed by atoms with Gasteiger partial charge in [0.25, 0.3) is 0 Å². The van der Waals surface area contributed by atoms with Gasteiger partial charge in [0, 0.05) is 33.1 Å². The lowest BCUT2D eigenvalue weighted by molar-refractivity contribution is 0.620. The quantitative estimate of drug-likeness (QED) is 0.190. The van der Waals surface area contributed by atoms with Gasteiger partial charge in [0.05, 0.1) is 5.69 Å². The van der Waals surface area contributed by atoms with Crippen LogP contribution in [0.2, 0.25) is 0 Å². The van der Waals surface area contributed by atoms with Crippen LogP contribution in [0.5, 0.6) is 0 Å². The standard InChI is InChI=1S/C45H28N2O2/c1-2-13-34(14-3-1)47(35-25-22-30(23-26-35)33-21-20-29-10-4-5-12-32(29)28-33)39-18-8-16-37-42-38(17-9-19-40(42)48-44(37)39)45-46-43-36-15-7-6-11-31(36)24-27-41(43)49-45/h1-28H. The molecule has 0 spiro atoms. The molecule has 0 radical (unpaired) electrons. The lowest BCUT2D eigenvalue weighted by Crippen LogP contribution is -2.10. The molecule has 2 aromatic heterocycles. The van der Waals surface area contributed by atoms with Crippen molar-refractivity contribution >= 4 is 71.6 Å². The predicted molar refractivity (Wildman–Crippen MR) is 202 cm³/mol. The Balaban J connectivity index is 1.12. The van der Waals surface area contributed by atoms with Crippen LogP contribution in [0.25, 0.3) is 77.2 Å². The summed E-state index contributed by atoms with van der Waals surface area (Å²) in [4.78, 5) is 7.30. The van der Waals surface area contributed by atoms with Crippen LogP contribution in [0, 0.1) is 0 Å². The summed E-state index contributed by atoms with van der Waals surface area (Å²) in [6.45, 7) is 0. The number of anilines is 3. The molecule has 0 bridgehead atoms. The molecule has 0 aliphatic rings. The molecule has 0 unspecified atom stereocenters. The second-order valence-electron chi connectivity index (χ2n) is 12.4. The van der Waals surface area contributed by atoms with Crippen molar-refractivity contribution in [3.8, 4) is 22.6 Å². The molecule has 0 amide bonds. The average Bonchev–Trinajstić information content (AvgIpc) is 3.78. The SMILES string of the molecule is c1ccc(N(c2ccc(-c3ccc4ccccc4c3)cc2)c2cccc3c2oc2cccc(-c4nc5c(ccc6ccccc65)o4)c23)cc1. The fraction of sp³-hybridized carbons (Fsp3) is 0. The highest BCUT2D eigenvalue weighted by molar-refractivity contribution is 6.16. The van der Waals surface area contributed by atoms with Gasteiger partial charge >= 0.3 is 0 Å². The van der Waals surface area contributed by atoms with Crippen LogP contribution in [-0.2, 0) is 0 Å². The van der Waals surface area contributed by atoms with Crippen LogP contribution in [0.15, 0.2) is 179 Å². The van der Waals surface area contributed by atoms with E-state index in [-0.39, 0.29) is 0 Å². The van der Waals surface area contributed by atoms with Crippen LogP contribution < -0.4 is 4.90 Å². The molecule has 4 heteroatoms. The van der Waals surface area contributed by atoms with E-state index >= 15 is 0 Å². The molecular weight excluding hydrogens is 601 g/mol. The molecule has 49 heavy (non-hydrogen) atoms. The fourth-order valence-corrected chi connectivity index (χ4v) is 7.14. The first-order valence-corrected chi connectivity index (χ1v) is 16.5. The van der Waals surface area contributed by atoms with Crippen molar-refractivity contribution in [1.82, 2.24) is 4.98 Å². The van der Waals surface area contributed by atoms with Crippen molar-refractivity contribution in [1.29, 1.82) is 0 Å². The number of nitrogens with zero attached hydrogens (tertiary/aromatic N) is 2. The third kappa shape index (κ3) is 4.49. The molecular formula is C45H28N2O2. The zero-order valence-electron chi connectivity index (χ0n) is 26.4. The zero-order valence-corrected chi connectivity index (χ0v) is 26.4. The highest BCUT2D eigenvalue weighted by Crippen LogP contribution is 2.45. The van der Waals surface area contributed by atoms with E-state index in [2.05, 4.69) is 138 Å². The van der Waals surface area contributed by atoms with E-state index in [4.69, 9.17) is 13.8 Å². The summed E-state index contributed by atoms with van der Waals surface area (Å²) in [5.41, 5.74) is 9.50. The number of fused-ring (bicyclic) bond motifs is 7. The summed E-state index contributed by atoms with van der Waals surface area (Å²) in [5.74, 6) is 0.578. The van der Waals surface area contributed by atoms with E-state index in [0.29, 0.717) is 5.89 Å². The van der Waals surface area contributed by atoms with Crippen molar-refractivity contribution in [3.05, 3.63) is 170 Å². The van der Waals surface area contributed by atoms with Gasteiger partial charge in [-0.2, -0.15) is 0 Å².